The largest absolute Gasteiger partial charge is 0.383 e. The summed E-state index contributed by atoms with van der Waals surface area (Å²) in [6, 6.07) is 6.21. The van der Waals surface area contributed by atoms with Gasteiger partial charge in [-0.3, -0.25) is 0 Å². The van der Waals surface area contributed by atoms with Gasteiger partial charge in [0, 0.05) is 10.9 Å². The molecule has 0 aliphatic heterocycles. The smallest absolute Gasteiger partial charge is 0.126 e. The molecule has 0 radical (unpaired) electrons. The van der Waals surface area contributed by atoms with E-state index in [0.717, 1.165) is 18.2 Å². The molecule has 1 atom stereocenters. The lowest BCUT2D eigenvalue weighted by Gasteiger charge is -2.08. The monoisotopic (exact) mass is 260 g/mol. The van der Waals surface area contributed by atoms with Crippen LogP contribution < -0.4 is 0 Å². The zero-order valence-corrected chi connectivity index (χ0v) is 9.53. The molecular formula is C11H7ClF2OS. The van der Waals surface area contributed by atoms with Crippen LogP contribution in [0, 0.1) is 11.6 Å². The summed E-state index contributed by atoms with van der Waals surface area (Å²) < 4.78 is 26.4. The predicted octanol–water partition coefficient (Wildman–Crippen LogP) is 3.76. The SMILES string of the molecule is OC(c1cc(F)cc(F)c1)c1ccc(Cl)s1. The lowest BCUT2D eigenvalue weighted by molar-refractivity contribution is 0.223. The van der Waals surface area contributed by atoms with Crippen LogP contribution in [0.4, 0.5) is 8.78 Å². The highest BCUT2D eigenvalue weighted by atomic mass is 35.5. The van der Waals surface area contributed by atoms with Crippen molar-refractivity contribution in [2.45, 2.75) is 6.10 Å². The van der Waals surface area contributed by atoms with Crippen molar-refractivity contribution in [1.29, 1.82) is 0 Å². The van der Waals surface area contributed by atoms with Crippen LogP contribution in [0.2, 0.25) is 4.34 Å². The van der Waals surface area contributed by atoms with E-state index in [1.807, 2.05) is 0 Å². The topological polar surface area (TPSA) is 20.2 Å². The van der Waals surface area contributed by atoms with Crippen molar-refractivity contribution >= 4 is 22.9 Å². The van der Waals surface area contributed by atoms with Gasteiger partial charge in [0.15, 0.2) is 0 Å². The van der Waals surface area contributed by atoms with Gasteiger partial charge in [0.2, 0.25) is 0 Å². The molecule has 5 heteroatoms. The number of thiophene rings is 1. The lowest BCUT2D eigenvalue weighted by Crippen LogP contribution is -1.98. The summed E-state index contributed by atoms with van der Waals surface area (Å²) >= 11 is 6.89. The molecule has 84 valence electrons. The molecule has 0 aliphatic rings. The van der Waals surface area contributed by atoms with Crippen molar-refractivity contribution < 1.29 is 13.9 Å². The molecule has 1 N–H and O–H groups in total. The molecule has 16 heavy (non-hydrogen) atoms. The van der Waals surface area contributed by atoms with Crippen LogP contribution in [0.5, 0.6) is 0 Å². The molecule has 0 bridgehead atoms. The van der Waals surface area contributed by atoms with Gasteiger partial charge in [-0.15, -0.1) is 11.3 Å². The van der Waals surface area contributed by atoms with Gasteiger partial charge in [-0.1, -0.05) is 11.6 Å². The fourth-order valence-corrected chi connectivity index (χ4v) is 2.45. The fourth-order valence-electron chi connectivity index (χ4n) is 1.37. The van der Waals surface area contributed by atoms with Crippen LogP contribution >= 0.6 is 22.9 Å². The fraction of sp³-hybridized carbons (Fsp3) is 0.0909. The Labute approximate surface area is 99.9 Å². The standard InChI is InChI=1S/C11H7ClF2OS/c12-10-2-1-9(16-10)11(15)6-3-7(13)5-8(14)4-6/h1-5,11,15H. The summed E-state index contributed by atoms with van der Waals surface area (Å²) in [7, 11) is 0. The number of rotatable bonds is 2. The van der Waals surface area contributed by atoms with Gasteiger partial charge in [-0.25, -0.2) is 8.78 Å². The van der Waals surface area contributed by atoms with Gasteiger partial charge < -0.3 is 5.11 Å². The summed E-state index contributed by atoms with van der Waals surface area (Å²) in [5, 5.41) is 9.87. The molecule has 2 aromatic rings. The second-order valence-corrected chi connectivity index (χ2v) is 4.99. The first-order chi connectivity index (χ1) is 7.56. The highest BCUT2D eigenvalue weighted by molar-refractivity contribution is 7.16. The van der Waals surface area contributed by atoms with Crippen molar-refractivity contribution in [2.24, 2.45) is 0 Å². The van der Waals surface area contributed by atoms with Gasteiger partial charge in [0.1, 0.15) is 17.7 Å². The van der Waals surface area contributed by atoms with Crippen molar-refractivity contribution in [3.63, 3.8) is 0 Å². The second kappa shape index (κ2) is 4.49. The Morgan fingerprint density at radius 3 is 2.25 bits per heavy atom. The lowest BCUT2D eigenvalue weighted by atomic mass is 10.1. The summed E-state index contributed by atoms with van der Waals surface area (Å²) in [6.45, 7) is 0. The van der Waals surface area contributed by atoms with E-state index in [2.05, 4.69) is 0 Å². The van der Waals surface area contributed by atoms with E-state index in [4.69, 9.17) is 11.6 Å². The summed E-state index contributed by atoms with van der Waals surface area (Å²) in [5.41, 5.74) is 0.177. The Morgan fingerprint density at radius 1 is 1.12 bits per heavy atom. The van der Waals surface area contributed by atoms with Gasteiger partial charge in [0.25, 0.3) is 0 Å². The minimum atomic E-state index is -1.05. The third-order valence-corrected chi connectivity index (χ3v) is 3.35. The number of aliphatic hydroxyl groups excluding tert-OH is 1. The van der Waals surface area contributed by atoms with E-state index in [1.165, 1.54) is 11.3 Å². The van der Waals surface area contributed by atoms with Gasteiger partial charge in [-0.2, -0.15) is 0 Å². The number of hydrogen-bond acceptors (Lipinski definition) is 2. The first kappa shape index (κ1) is 11.5. The number of aliphatic hydroxyl groups is 1. The van der Waals surface area contributed by atoms with E-state index in [-0.39, 0.29) is 5.56 Å². The molecule has 0 saturated carbocycles. The second-order valence-electron chi connectivity index (χ2n) is 3.25. The highest BCUT2D eigenvalue weighted by Gasteiger charge is 2.14. The first-order valence-electron chi connectivity index (χ1n) is 4.45. The normalized spacial score (nSPS) is 12.8. The summed E-state index contributed by atoms with van der Waals surface area (Å²) in [6.07, 6.45) is -1.05. The van der Waals surface area contributed by atoms with Crippen LogP contribution in [0.25, 0.3) is 0 Å². The molecule has 0 spiro atoms. The average Bonchev–Trinajstić information content (AvgIpc) is 2.62. The van der Waals surface area contributed by atoms with Crippen LogP contribution in [0.3, 0.4) is 0 Å². The van der Waals surface area contributed by atoms with Crippen LogP contribution in [-0.2, 0) is 0 Å². The van der Waals surface area contributed by atoms with Crippen LogP contribution in [-0.4, -0.2) is 5.11 Å². The van der Waals surface area contributed by atoms with E-state index in [9.17, 15) is 13.9 Å². The molecule has 1 heterocycles. The van der Waals surface area contributed by atoms with E-state index in [1.54, 1.807) is 12.1 Å². The van der Waals surface area contributed by atoms with E-state index >= 15 is 0 Å². The van der Waals surface area contributed by atoms with Crippen molar-refractivity contribution in [2.75, 3.05) is 0 Å². The average molecular weight is 261 g/mol. The van der Waals surface area contributed by atoms with Crippen molar-refractivity contribution in [1.82, 2.24) is 0 Å². The van der Waals surface area contributed by atoms with Crippen molar-refractivity contribution in [3.8, 4) is 0 Å². The summed E-state index contributed by atoms with van der Waals surface area (Å²) in [4.78, 5) is 0.551. The van der Waals surface area contributed by atoms with E-state index < -0.39 is 17.7 Å². The van der Waals surface area contributed by atoms with Crippen LogP contribution in [0.1, 0.15) is 16.5 Å². The summed E-state index contributed by atoms with van der Waals surface area (Å²) in [5.74, 6) is -1.42. The molecule has 1 unspecified atom stereocenters. The van der Waals surface area contributed by atoms with Crippen molar-refractivity contribution in [3.05, 3.63) is 56.7 Å². The molecule has 0 fully saturated rings. The van der Waals surface area contributed by atoms with Gasteiger partial charge >= 0.3 is 0 Å². The zero-order chi connectivity index (χ0) is 11.7. The Balaban J connectivity index is 2.37. The minimum absolute atomic E-state index is 0.177. The number of benzene rings is 1. The number of halogens is 3. The third kappa shape index (κ3) is 2.40. The molecule has 1 nitrogen and oxygen atoms in total. The third-order valence-electron chi connectivity index (χ3n) is 2.06. The Morgan fingerprint density at radius 2 is 1.75 bits per heavy atom. The quantitative estimate of drug-likeness (QED) is 0.872. The highest BCUT2D eigenvalue weighted by Crippen LogP contribution is 2.31. The Bertz CT molecular complexity index is 492. The molecular weight excluding hydrogens is 254 g/mol. The molecule has 0 saturated heterocycles. The number of hydrogen-bond donors (Lipinski definition) is 1. The zero-order valence-electron chi connectivity index (χ0n) is 7.95. The van der Waals surface area contributed by atoms with Gasteiger partial charge in [-0.05, 0) is 29.8 Å². The predicted molar refractivity (Wildman–Crippen MR) is 59.7 cm³/mol. The first-order valence-corrected chi connectivity index (χ1v) is 5.65. The van der Waals surface area contributed by atoms with E-state index in [0.29, 0.717) is 9.21 Å². The minimum Gasteiger partial charge on any atom is -0.383 e. The van der Waals surface area contributed by atoms with Gasteiger partial charge in [0.05, 0.1) is 4.34 Å². The Kier molecular flexibility index (Phi) is 3.23. The Hall–Kier alpha value is -0.970. The molecule has 0 aliphatic carbocycles. The maximum absolute atomic E-state index is 12.9. The van der Waals surface area contributed by atoms with Crippen LogP contribution in [0.15, 0.2) is 30.3 Å². The maximum Gasteiger partial charge on any atom is 0.126 e. The molecule has 1 aromatic carbocycles. The molecule has 0 amide bonds. The molecule has 2 rings (SSSR count). The maximum atomic E-state index is 12.9. The molecule has 1 aromatic heterocycles.